The molecule has 0 aliphatic heterocycles. The van der Waals surface area contributed by atoms with E-state index in [0.29, 0.717) is 11.1 Å². The predicted molar refractivity (Wildman–Crippen MR) is 63.7 cm³/mol. The number of carboxylic acid groups (broad SMARTS) is 2. The van der Waals surface area contributed by atoms with Gasteiger partial charge in [-0.1, -0.05) is 30.3 Å². The Kier molecular flexibility index (Phi) is 2.93. The summed E-state index contributed by atoms with van der Waals surface area (Å²) in [6.07, 6.45) is 0. The van der Waals surface area contributed by atoms with E-state index in [0.717, 1.165) is 11.3 Å². The molecular weight excluding hydrogens is 240 g/mol. The summed E-state index contributed by atoms with van der Waals surface area (Å²) in [6.45, 7) is 0. The van der Waals surface area contributed by atoms with Gasteiger partial charge < -0.3 is 10.2 Å². The fourth-order valence-electron chi connectivity index (χ4n) is 1.49. The summed E-state index contributed by atoms with van der Waals surface area (Å²) in [6, 6.07) is 10.3. The second-order valence-electron chi connectivity index (χ2n) is 3.33. The molecule has 2 aromatic rings. The summed E-state index contributed by atoms with van der Waals surface area (Å²) in [7, 11) is 0. The summed E-state index contributed by atoms with van der Waals surface area (Å²) in [5.41, 5.74) is 1.15. The van der Waals surface area contributed by atoms with E-state index in [2.05, 4.69) is 0 Å². The smallest absolute Gasteiger partial charge is 0.346 e. The first-order chi connectivity index (χ1) is 8.09. The first kappa shape index (κ1) is 11.3. The van der Waals surface area contributed by atoms with Gasteiger partial charge in [-0.2, -0.15) is 0 Å². The Hall–Kier alpha value is -2.14. The number of carbonyl (C=O) groups is 2. The maximum absolute atomic E-state index is 11.0. The van der Waals surface area contributed by atoms with Gasteiger partial charge in [-0.25, -0.2) is 9.59 Å². The molecule has 5 heteroatoms. The van der Waals surface area contributed by atoms with Gasteiger partial charge >= 0.3 is 11.9 Å². The number of hydrogen-bond acceptors (Lipinski definition) is 3. The molecule has 4 nitrogen and oxygen atoms in total. The molecule has 0 amide bonds. The Balaban J connectivity index is 2.60. The van der Waals surface area contributed by atoms with Gasteiger partial charge in [-0.15, -0.1) is 11.3 Å². The van der Waals surface area contributed by atoms with E-state index >= 15 is 0 Å². The van der Waals surface area contributed by atoms with Crippen molar-refractivity contribution in [1.82, 2.24) is 0 Å². The van der Waals surface area contributed by atoms with E-state index in [1.807, 2.05) is 6.07 Å². The fourth-order valence-corrected chi connectivity index (χ4v) is 2.35. The molecule has 2 N–H and O–H groups in total. The van der Waals surface area contributed by atoms with Crippen molar-refractivity contribution in [3.8, 4) is 11.1 Å². The van der Waals surface area contributed by atoms with Crippen molar-refractivity contribution < 1.29 is 19.8 Å². The van der Waals surface area contributed by atoms with Gasteiger partial charge in [0.1, 0.15) is 9.75 Å². The number of carboxylic acids is 2. The normalized spacial score (nSPS) is 10.1. The van der Waals surface area contributed by atoms with Crippen LogP contribution in [0.1, 0.15) is 19.3 Å². The van der Waals surface area contributed by atoms with E-state index in [9.17, 15) is 9.59 Å². The van der Waals surface area contributed by atoms with Crippen LogP contribution in [0.4, 0.5) is 0 Å². The molecule has 0 bridgehead atoms. The third-order valence-electron chi connectivity index (χ3n) is 2.22. The molecule has 0 saturated carbocycles. The number of benzene rings is 1. The van der Waals surface area contributed by atoms with Crippen LogP contribution in [0.2, 0.25) is 0 Å². The molecule has 0 aliphatic carbocycles. The van der Waals surface area contributed by atoms with Gasteiger partial charge in [0, 0.05) is 5.56 Å². The summed E-state index contributed by atoms with van der Waals surface area (Å²) in [5, 5.41) is 17.9. The zero-order valence-corrected chi connectivity index (χ0v) is 9.40. The molecule has 0 unspecified atom stereocenters. The Bertz CT molecular complexity index is 571. The number of thiophene rings is 1. The van der Waals surface area contributed by atoms with E-state index in [-0.39, 0.29) is 9.75 Å². The van der Waals surface area contributed by atoms with Crippen LogP contribution in [0, 0.1) is 0 Å². The van der Waals surface area contributed by atoms with Crippen molar-refractivity contribution in [1.29, 1.82) is 0 Å². The topological polar surface area (TPSA) is 74.6 Å². The Morgan fingerprint density at radius 2 is 1.65 bits per heavy atom. The van der Waals surface area contributed by atoms with E-state index < -0.39 is 11.9 Å². The highest BCUT2D eigenvalue weighted by Gasteiger charge is 2.19. The lowest BCUT2D eigenvalue weighted by Crippen LogP contribution is -1.94. The van der Waals surface area contributed by atoms with Gasteiger partial charge in [0.25, 0.3) is 0 Å². The SMILES string of the molecule is O=C(O)c1cc(-c2ccccc2)c(C(=O)O)s1. The largest absolute Gasteiger partial charge is 0.477 e. The maximum Gasteiger partial charge on any atom is 0.346 e. The van der Waals surface area contributed by atoms with E-state index in [1.54, 1.807) is 24.3 Å². The molecule has 1 heterocycles. The van der Waals surface area contributed by atoms with Gasteiger partial charge in [0.05, 0.1) is 0 Å². The van der Waals surface area contributed by atoms with Crippen LogP contribution in [0.3, 0.4) is 0 Å². The van der Waals surface area contributed by atoms with Crippen molar-refractivity contribution >= 4 is 23.3 Å². The minimum Gasteiger partial charge on any atom is -0.477 e. The van der Waals surface area contributed by atoms with Crippen LogP contribution in [-0.2, 0) is 0 Å². The van der Waals surface area contributed by atoms with Crippen molar-refractivity contribution in [2.24, 2.45) is 0 Å². The maximum atomic E-state index is 11.0. The molecule has 17 heavy (non-hydrogen) atoms. The van der Waals surface area contributed by atoms with Gasteiger partial charge in [0.2, 0.25) is 0 Å². The zero-order valence-electron chi connectivity index (χ0n) is 8.58. The lowest BCUT2D eigenvalue weighted by atomic mass is 10.1. The number of hydrogen-bond donors (Lipinski definition) is 2. The summed E-state index contributed by atoms with van der Waals surface area (Å²) in [4.78, 5) is 22.0. The Morgan fingerprint density at radius 1 is 1.00 bits per heavy atom. The predicted octanol–water partition coefficient (Wildman–Crippen LogP) is 2.81. The van der Waals surface area contributed by atoms with Crippen molar-refractivity contribution in [2.45, 2.75) is 0 Å². The Morgan fingerprint density at radius 3 is 2.18 bits per heavy atom. The van der Waals surface area contributed by atoms with Gasteiger partial charge in [0.15, 0.2) is 0 Å². The minimum absolute atomic E-state index is 0.0289. The van der Waals surface area contributed by atoms with E-state index in [4.69, 9.17) is 10.2 Å². The van der Waals surface area contributed by atoms with Crippen LogP contribution in [0.25, 0.3) is 11.1 Å². The number of rotatable bonds is 3. The van der Waals surface area contributed by atoms with Crippen LogP contribution in [-0.4, -0.2) is 22.2 Å². The second kappa shape index (κ2) is 4.39. The average molecular weight is 248 g/mol. The average Bonchev–Trinajstić information content (AvgIpc) is 2.75. The third-order valence-corrected chi connectivity index (χ3v) is 3.33. The van der Waals surface area contributed by atoms with Crippen LogP contribution in [0.5, 0.6) is 0 Å². The molecule has 1 aromatic heterocycles. The fraction of sp³-hybridized carbons (Fsp3) is 0. The molecule has 0 spiro atoms. The molecule has 86 valence electrons. The highest BCUT2D eigenvalue weighted by atomic mass is 32.1. The Labute approximate surface area is 101 Å². The van der Waals surface area contributed by atoms with Crippen LogP contribution < -0.4 is 0 Å². The van der Waals surface area contributed by atoms with Crippen molar-refractivity contribution in [3.05, 3.63) is 46.2 Å². The highest BCUT2D eigenvalue weighted by Crippen LogP contribution is 2.31. The zero-order chi connectivity index (χ0) is 12.4. The standard InChI is InChI=1S/C12H8O4S/c13-11(14)9-6-8(10(17-9)12(15)16)7-4-2-1-3-5-7/h1-6H,(H,13,14)(H,15,16). The van der Waals surface area contributed by atoms with Crippen molar-refractivity contribution in [2.75, 3.05) is 0 Å². The summed E-state index contributed by atoms with van der Waals surface area (Å²) < 4.78 is 0. The molecule has 0 fully saturated rings. The lowest BCUT2D eigenvalue weighted by Gasteiger charge is -1.98. The summed E-state index contributed by atoms with van der Waals surface area (Å²) >= 11 is 0.771. The molecule has 0 saturated heterocycles. The molecule has 1 aromatic carbocycles. The first-order valence-corrected chi connectivity index (χ1v) is 5.57. The highest BCUT2D eigenvalue weighted by molar-refractivity contribution is 7.16. The molecule has 0 atom stereocenters. The lowest BCUT2D eigenvalue weighted by molar-refractivity contribution is 0.0693. The van der Waals surface area contributed by atoms with Crippen molar-refractivity contribution in [3.63, 3.8) is 0 Å². The first-order valence-electron chi connectivity index (χ1n) is 4.75. The minimum atomic E-state index is -1.11. The molecular formula is C12H8O4S. The molecule has 0 aliphatic rings. The van der Waals surface area contributed by atoms with Gasteiger partial charge in [-0.3, -0.25) is 0 Å². The molecule has 0 radical (unpaired) electrons. The second-order valence-corrected chi connectivity index (χ2v) is 4.38. The molecule has 2 rings (SSSR count). The summed E-state index contributed by atoms with van der Waals surface area (Å²) in [5.74, 6) is -2.22. The quantitative estimate of drug-likeness (QED) is 0.875. The van der Waals surface area contributed by atoms with E-state index in [1.165, 1.54) is 6.07 Å². The number of aromatic carboxylic acids is 2. The van der Waals surface area contributed by atoms with Gasteiger partial charge in [-0.05, 0) is 11.6 Å². The monoisotopic (exact) mass is 248 g/mol. The van der Waals surface area contributed by atoms with Crippen LogP contribution >= 0.6 is 11.3 Å². The third kappa shape index (κ3) is 2.19. The van der Waals surface area contributed by atoms with Crippen LogP contribution in [0.15, 0.2) is 36.4 Å².